The average molecular weight is 441 g/mol. The van der Waals surface area contributed by atoms with Gasteiger partial charge in [0.05, 0.1) is 16.4 Å². The first-order valence-corrected chi connectivity index (χ1v) is 12.1. The Morgan fingerprint density at radius 3 is 2.53 bits per heavy atom. The zero-order chi connectivity index (χ0) is 21.1. The number of benzene rings is 1. The lowest BCUT2D eigenvalue weighted by Gasteiger charge is -2.30. The molecule has 3 aromatic rings. The molecule has 0 spiro atoms. The lowest BCUT2D eigenvalue weighted by molar-refractivity contribution is -0.121. The van der Waals surface area contributed by atoms with Crippen molar-refractivity contribution in [1.82, 2.24) is 14.9 Å². The average Bonchev–Trinajstić information content (AvgIpc) is 3.29. The number of hydrogen-bond acceptors (Lipinski definition) is 6. The summed E-state index contributed by atoms with van der Waals surface area (Å²) in [7, 11) is 0. The largest absolute Gasteiger partial charge is 0.302 e. The molecule has 30 heavy (non-hydrogen) atoms. The predicted octanol–water partition coefficient (Wildman–Crippen LogP) is 4.97. The molecule has 1 saturated heterocycles. The molecule has 5 nitrogen and oxygen atoms in total. The topological polar surface area (TPSA) is 58.1 Å². The number of amides is 1. The number of carbonyl (C=O) groups is 1. The monoisotopic (exact) mass is 440 g/mol. The highest BCUT2D eigenvalue weighted by Gasteiger charge is 2.26. The molecular weight excluding hydrogens is 412 g/mol. The van der Waals surface area contributed by atoms with Gasteiger partial charge in [0.1, 0.15) is 0 Å². The summed E-state index contributed by atoms with van der Waals surface area (Å²) in [6, 6.07) is 8.59. The number of nitrogens with zero attached hydrogens (tertiary/aromatic N) is 3. The van der Waals surface area contributed by atoms with Crippen LogP contribution in [0.4, 0.5) is 5.13 Å². The van der Waals surface area contributed by atoms with Crippen LogP contribution < -0.4 is 5.32 Å². The molecule has 1 fully saturated rings. The van der Waals surface area contributed by atoms with Crippen LogP contribution in [0, 0.1) is 26.7 Å². The van der Waals surface area contributed by atoms with E-state index >= 15 is 0 Å². The van der Waals surface area contributed by atoms with Gasteiger partial charge in [0.2, 0.25) is 5.91 Å². The molecule has 1 aliphatic heterocycles. The van der Waals surface area contributed by atoms with Gasteiger partial charge in [-0.05, 0) is 52.3 Å². The van der Waals surface area contributed by atoms with Gasteiger partial charge in [-0.3, -0.25) is 9.69 Å². The molecule has 7 heteroatoms. The van der Waals surface area contributed by atoms with Gasteiger partial charge in [0, 0.05) is 29.1 Å². The summed E-state index contributed by atoms with van der Waals surface area (Å²) in [4.78, 5) is 25.5. The van der Waals surface area contributed by atoms with E-state index in [1.807, 2.05) is 13.8 Å². The van der Waals surface area contributed by atoms with Gasteiger partial charge in [-0.2, -0.15) is 0 Å². The third-order valence-corrected chi connectivity index (χ3v) is 7.51. The fourth-order valence-electron chi connectivity index (χ4n) is 3.81. The molecular formula is C23H28N4OS2. The highest BCUT2D eigenvalue weighted by molar-refractivity contribution is 7.15. The second-order valence-electron chi connectivity index (χ2n) is 8.09. The molecule has 4 rings (SSSR count). The van der Waals surface area contributed by atoms with Gasteiger partial charge in [-0.15, -0.1) is 22.7 Å². The van der Waals surface area contributed by atoms with Crippen molar-refractivity contribution < 1.29 is 4.79 Å². The van der Waals surface area contributed by atoms with E-state index in [-0.39, 0.29) is 11.8 Å². The van der Waals surface area contributed by atoms with Crippen LogP contribution in [-0.4, -0.2) is 33.9 Å². The van der Waals surface area contributed by atoms with E-state index in [0.29, 0.717) is 0 Å². The van der Waals surface area contributed by atoms with Crippen molar-refractivity contribution in [2.24, 2.45) is 5.92 Å². The van der Waals surface area contributed by atoms with Crippen LogP contribution in [0.1, 0.15) is 45.2 Å². The fourth-order valence-corrected chi connectivity index (χ4v) is 5.41. The van der Waals surface area contributed by atoms with E-state index in [9.17, 15) is 4.79 Å². The molecule has 0 aliphatic carbocycles. The number of aryl methyl sites for hydroxylation is 3. The molecule has 3 heterocycles. The van der Waals surface area contributed by atoms with E-state index in [1.54, 1.807) is 22.7 Å². The molecule has 0 atom stereocenters. The number of rotatable bonds is 6. The molecule has 158 valence electrons. The second-order valence-corrected chi connectivity index (χ2v) is 10.2. The Labute approximate surface area is 186 Å². The Balaban J connectivity index is 1.29. The summed E-state index contributed by atoms with van der Waals surface area (Å²) in [5.41, 5.74) is 4.68. The van der Waals surface area contributed by atoms with Crippen LogP contribution >= 0.6 is 22.7 Å². The Kier molecular flexibility index (Phi) is 6.61. The molecule has 0 bridgehead atoms. The van der Waals surface area contributed by atoms with Crippen LogP contribution in [0.5, 0.6) is 0 Å². The first kappa shape index (κ1) is 21.2. The zero-order valence-corrected chi connectivity index (χ0v) is 19.4. The van der Waals surface area contributed by atoms with Crippen LogP contribution in [0.15, 0.2) is 29.6 Å². The summed E-state index contributed by atoms with van der Waals surface area (Å²) in [5.74, 6) is 0.165. The van der Waals surface area contributed by atoms with Crippen LogP contribution in [0.3, 0.4) is 0 Å². The number of carbonyl (C=O) groups excluding carboxylic acids is 1. The van der Waals surface area contributed by atoms with E-state index in [2.05, 4.69) is 56.8 Å². The van der Waals surface area contributed by atoms with Gasteiger partial charge in [0.25, 0.3) is 0 Å². The summed E-state index contributed by atoms with van der Waals surface area (Å²) in [6.07, 6.45) is 2.62. The van der Waals surface area contributed by atoms with E-state index < -0.39 is 0 Å². The zero-order valence-electron chi connectivity index (χ0n) is 17.8. The maximum Gasteiger partial charge on any atom is 0.229 e. The standard InChI is InChI=1S/C23H28N4OS2/c1-15-4-6-18(7-5-15)12-21-16(2)24-23(30-21)26-22(28)19-8-10-27(11-9-19)13-20-14-29-17(3)25-20/h4-7,14,19H,8-13H2,1-3H3,(H,24,26,28). The number of aromatic nitrogens is 2. The fraction of sp³-hybridized carbons (Fsp3) is 0.435. The lowest BCUT2D eigenvalue weighted by atomic mass is 9.96. The molecule has 1 amide bonds. The Hall–Kier alpha value is -2.09. The molecule has 1 N–H and O–H groups in total. The van der Waals surface area contributed by atoms with Gasteiger partial charge in [0.15, 0.2) is 5.13 Å². The third kappa shape index (κ3) is 5.33. The molecule has 0 unspecified atom stereocenters. The minimum absolute atomic E-state index is 0.0585. The van der Waals surface area contributed by atoms with E-state index in [0.717, 1.165) is 60.4 Å². The van der Waals surface area contributed by atoms with Gasteiger partial charge in [-0.1, -0.05) is 29.8 Å². The Morgan fingerprint density at radius 1 is 1.13 bits per heavy atom. The van der Waals surface area contributed by atoms with Gasteiger partial charge < -0.3 is 5.32 Å². The van der Waals surface area contributed by atoms with Gasteiger partial charge >= 0.3 is 0 Å². The number of piperidine rings is 1. The first-order chi connectivity index (χ1) is 14.5. The number of nitrogens with one attached hydrogen (secondary N) is 1. The van der Waals surface area contributed by atoms with E-state index in [1.165, 1.54) is 16.0 Å². The highest BCUT2D eigenvalue weighted by atomic mass is 32.1. The number of hydrogen-bond donors (Lipinski definition) is 1. The molecule has 1 aliphatic rings. The van der Waals surface area contributed by atoms with Crippen molar-refractivity contribution in [2.45, 2.75) is 46.6 Å². The molecule has 0 saturated carbocycles. The summed E-state index contributed by atoms with van der Waals surface area (Å²) < 4.78 is 0. The van der Waals surface area contributed by atoms with Crippen LogP contribution in [-0.2, 0) is 17.8 Å². The summed E-state index contributed by atoms with van der Waals surface area (Å²) in [6.45, 7) is 8.91. The minimum Gasteiger partial charge on any atom is -0.302 e. The summed E-state index contributed by atoms with van der Waals surface area (Å²) in [5, 5.41) is 7.04. The van der Waals surface area contributed by atoms with Crippen molar-refractivity contribution in [3.63, 3.8) is 0 Å². The summed E-state index contributed by atoms with van der Waals surface area (Å²) >= 11 is 3.29. The van der Waals surface area contributed by atoms with E-state index in [4.69, 9.17) is 0 Å². The number of likely N-dealkylation sites (tertiary alicyclic amines) is 1. The third-order valence-electron chi connectivity index (χ3n) is 5.62. The van der Waals surface area contributed by atoms with Crippen molar-refractivity contribution >= 4 is 33.7 Å². The highest BCUT2D eigenvalue weighted by Crippen LogP contribution is 2.27. The Morgan fingerprint density at radius 2 is 1.87 bits per heavy atom. The number of thiazole rings is 2. The smallest absolute Gasteiger partial charge is 0.229 e. The van der Waals surface area contributed by atoms with Crippen molar-refractivity contribution in [3.8, 4) is 0 Å². The predicted molar refractivity (Wildman–Crippen MR) is 124 cm³/mol. The number of anilines is 1. The van der Waals surface area contributed by atoms with Crippen LogP contribution in [0.2, 0.25) is 0 Å². The quantitative estimate of drug-likeness (QED) is 0.588. The lowest BCUT2D eigenvalue weighted by Crippen LogP contribution is -2.37. The normalized spacial score (nSPS) is 15.4. The maximum absolute atomic E-state index is 12.8. The SMILES string of the molecule is Cc1ccc(Cc2sc(NC(=O)C3CCN(Cc4csc(C)n4)CC3)nc2C)cc1. The molecule has 0 radical (unpaired) electrons. The molecule has 1 aromatic carbocycles. The minimum atomic E-state index is 0.0585. The first-order valence-electron chi connectivity index (χ1n) is 10.4. The van der Waals surface area contributed by atoms with Crippen molar-refractivity contribution in [2.75, 3.05) is 18.4 Å². The maximum atomic E-state index is 12.8. The molecule has 2 aromatic heterocycles. The second kappa shape index (κ2) is 9.37. The Bertz CT molecular complexity index is 1000. The van der Waals surface area contributed by atoms with Crippen molar-refractivity contribution in [1.29, 1.82) is 0 Å². The van der Waals surface area contributed by atoms with Crippen LogP contribution in [0.25, 0.3) is 0 Å². The van der Waals surface area contributed by atoms with Gasteiger partial charge in [-0.25, -0.2) is 9.97 Å². The van der Waals surface area contributed by atoms with Crippen molar-refractivity contribution in [3.05, 3.63) is 62.0 Å².